The van der Waals surface area contributed by atoms with Crippen molar-refractivity contribution < 1.29 is 4.74 Å². The van der Waals surface area contributed by atoms with Gasteiger partial charge in [0.15, 0.2) is 5.82 Å². The predicted molar refractivity (Wildman–Crippen MR) is 157 cm³/mol. The molecule has 40 heavy (non-hydrogen) atoms. The number of benzene rings is 3. The highest BCUT2D eigenvalue weighted by Gasteiger charge is 2.34. The molecule has 3 aromatic carbocycles. The number of aromatic amines is 1. The Morgan fingerprint density at radius 3 is 2.35 bits per heavy atom. The van der Waals surface area contributed by atoms with Gasteiger partial charge in [0.2, 0.25) is 0 Å². The number of aromatic nitrogens is 5. The lowest BCUT2D eigenvalue weighted by atomic mass is 9.98. The summed E-state index contributed by atoms with van der Waals surface area (Å²) in [5.41, 5.74) is 4.18. The Balaban J connectivity index is 1.73. The Labute approximate surface area is 234 Å². The summed E-state index contributed by atoms with van der Waals surface area (Å²) in [5, 5.41) is 14.1. The first-order valence-corrected chi connectivity index (χ1v) is 13.6. The van der Waals surface area contributed by atoms with Crippen molar-refractivity contribution in [3.63, 3.8) is 0 Å². The van der Waals surface area contributed by atoms with E-state index in [-0.39, 0.29) is 11.1 Å². The average molecular weight is 537 g/mol. The third kappa shape index (κ3) is 5.53. The molecule has 1 atom stereocenters. The number of H-pyrrole nitrogens is 1. The summed E-state index contributed by atoms with van der Waals surface area (Å²) in [6.07, 6.45) is 0.822. The minimum Gasteiger partial charge on any atom is -0.497 e. The molecule has 0 aliphatic heterocycles. The number of nitrogens with one attached hydrogen (secondary N) is 1. The highest BCUT2D eigenvalue weighted by Crippen LogP contribution is 2.33. The van der Waals surface area contributed by atoms with Gasteiger partial charge in [0.05, 0.1) is 18.2 Å². The first-order valence-electron chi connectivity index (χ1n) is 13.6. The summed E-state index contributed by atoms with van der Waals surface area (Å²) >= 11 is 0. The second-order valence-electron chi connectivity index (χ2n) is 10.8. The molecule has 0 aliphatic carbocycles. The van der Waals surface area contributed by atoms with Crippen LogP contribution in [0.15, 0.2) is 83.7 Å². The number of fused-ring (bicyclic) bond motifs is 1. The third-order valence-electron chi connectivity index (χ3n) is 7.73. The van der Waals surface area contributed by atoms with E-state index >= 15 is 0 Å². The van der Waals surface area contributed by atoms with Crippen LogP contribution in [0, 0.1) is 6.92 Å². The van der Waals surface area contributed by atoms with Crippen LogP contribution in [0.2, 0.25) is 0 Å². The summed E-state index contributed by atoms with van der Waals surface area (Å²) in [5.74, 6) is 1.43. The molecule has 2 heterocycles. The number of pyridine rings is 1. The van der Waals surface area contributed by atoms with Gasteiger partial charge in [-0.25, -0.2) is 4.68 Å². The monoisotopic (exact) mass is 536 g/mol. The number of rotatable bonds is 10. The number of para-hydroxylation sites is 1. The SMILES string of the molecule is CCC(C)(C)n1nnnc1[C@H](c1cc2cccc(C)c2[nH]c1=O)N(Cc1ccccc1)Cc1ccc(OC)cc1. The molecule has 5 aromatic rings. The standard InChI is InChI=1S/C32H36N6O2/c1-6-32(3,4)38-30(34-35-36-38)29(27-19-25-14-10-11-22(2)28(25)33-31(27)39)37(20-23-12-8-7-9-13-23)21-24-15-17-26(40-5)18-16-24/h7-19,29H,6,20-21H2,1-5H3,(H,33,39)/t29-/m0/s1. The molecule has 0 amide bonds. The van der Waals surface area contributed by atoms with Crippen LogP contribution in [-0.4, -0.2) is 37.2 Å². The van der Waals surface area contributed by atoms with E-state index in [1.165, 1.54) is 0 Å². The van der Waals surface area contributed by atoms with E-state index in [0.29, 0.717) is 24.5 Å². The molecule has 0 unspecified atom stereocenters. The van der Waals surface area contributed by atoms with Crippen LogP contribution >= 0.6 is 0 Å². The Morgan fingerprint density at radius 1 is 0.975 bits per heavy atom. The molecule has 0 saturated heterocycles. The summed E-state index contributed by atoms with van der Waals surface area (Å²) in [6.45, 7) is 9.50. The van der Waals surface area contributed by atoms with E-state index in [4.69, 9.17) is 4.74 Å². The second kappa shape index (κ2) is 11.4. The van der Waals surface area contributed by atoms with Crippen molar-refractivity contribution in [2.45, 2.75) is 58.8 Å². The van der Waals surface area contributed by atoms with Crippen LogP contribution in [0.1, 0.15) is 61.3 Å². The van der Waals surface area contributed by atoms with Gasteiger partial charge in [0.25, 0.3) is 5.56 Å². The quantitative estimate of drug-likeness (QED) is 0.244. The zero-order valence-electron chi connectivity index (χ0n) is 23.8. The zero-order valence-corrected chi connectivity index (χ0v) is 23.8. The van der Waals surface area contributed by atoms with Crippen molar-refractivity contribution in [3.05, 3.63) is 117 Å². The van der Waals surface area contributed by atoms with Gasteiger partial charge in [-0.1, -0.05) is 67.6 Å². The van der Waals surface area contributed by atoms with Crippen molar-refractivity contribution in [1.29, 1.82) is 0 Å². The predicted octanol–water partition coefficient (Wildman–Crippen LogP) is 5.77. The van der Waals surface area contributed by atoms with E-state index < -0.39 is 6.04 Å². The van der Waals surface area contributed by atoms with E-state index in [9.17, 15) is 4.79 Å². The maximum absolute atomic E-state index is 13.9. The highest BCUT2D eigenvalue weighted by atomic mass is 16.5. The molecule has 5 rings (SSSR count). The molecule has 206 valence electrons. The van der Waals surface area contributed by atoms with Crippen molar-refractivity contribution >= 4 is 10.9 Å². The largest absolute Gasteiger partial charge is 0.497 e. The third-order valence-corrected chi connectivity index (χ3v) is 7.73. The summed E-state index contributed by atoms with van der Waals surface area (Å²) < 4.78 is 7.27. The van der Waals surface area contributed by atoms with Gasteiger partial charge < -0.3 is 9.72 Å². The number of hydrogen-bond donors (Lipinski definition) is 1. The molecule has 8 nitrogen and oxygen atoms in total. The van der Waals surface area contributed by atoms with Crippen molar-refractivity contribution in [3.8, 4) is 5.75 Å². The van der Waals surface area contributed by atoms with E-state index in [2.05, 4.69) is 70.4 Å². The molecule has 0 aliphatic rings. The Bertz CT molecular complexity index is 1640. The Hall–Kier alpha value is -4.30. The van der Waals surface area contributed by atoms with Gasteiger partial charge in [-0.05, 0) is 77.9 Å². The van der Waals surface area contributed by atoms with Crippen LogP contribution in [-0.2, 0) is 18.6 Å². The number of methoxy groups -OCH3 is 1. The van der Waals surface area contributed by atoms with E-state index in [1.807, 2.05) is 66.2 Å². The number of tetrazole rings is 1. The number of aryl methyl sites for hydroxylation is 1. The average Bonchev–Trinajstić information content (AvgIpc) is 3.45. The van der Waals surface area contributed by atoms with Crippen LogP contribution < -0.4 is 10.3 Å². The van der Waals surface area contributed by atoms with Crippen molar-refractivity contribution in [2.75, 3.05) is 7.11 Å². The molecule has 8 heteroatoms. The maximum atomic E-state index is 13.9. The molecule has 0 spiro atoms. The van der Waals surface area contributed by atoms with Crippen LogP contribution in [0.4, 0.5) is 0 Å². The van der Waals surface area contributed by atoms with Crippen LogP contribution in [0.3, 0.4) is 0 Å². The molecule has 2 aromatic heterocycles. The lowest BCUT2D eigenvalue weighted by Gasteiger charge is -2.33. The molecule has 0 radical (unpaired) electrons. The van der Waals surface area contributed by atoms with Crippen LogP contribution in [0.5, 0.6) is 5.75 Å². The van der Waals surface area contributed by atoms with Gasteiger partial charge in [-0.2, -0.15) is 0 Å². The number of nitrogens with zero attached hydrogens (tertiary/aromatic N) is 5. The van der Waals surface area contributed by atoms with Gasteiger partial charge in [0.1, 0.15) is 11.8 Å². The molecule has 1 N–H and O–H groups in total. The van der Waals surface area contributed by atoms with E-state index in [0.717, 1.165) is 39.8 Å². The number of hydrogen-bond acceptors (Lipinski definition) is 6. The van der Waals surface area contributed by atoms with E-state index in [1.54, 1.807) is 7.11 Å². The van der Waals surface area contributed by atoms with Crippen molar-refractivity contribution in [2.24, 2.45) is 0 Å². The summed E-state index contributed by atoms with van der Waals surface area (Å²) in [4.78, 5) is 19.3. The van der Waals surface area contributed by atoms with Gasteiger partial charge in [-0.3, -0.25) is 9.69 Å². The first-order chi connectivity index (χ1) is 19.3. The zero-order chi connectivity index (χ0) is 28.3. The Kier molecular flexibility index (Phi) is 7.80. The van der Waals surface area contributed by atoms with Crippen LogP contribution in [0.25, 0.3) is 10.9 Å². The summed E-state index contributed by atoms with van der Waals surface area (Å²) in [7, 11) is 1.66. The fraction of sp³-hybridized carbons (Fsp3) is 0.312. The topological polar surface area (TPSA) is 88.9 Å². The summed E-state index contributed by atoms with van der Waals surface area (Å²) in [6, 6.07) is 25.8. The van der Waals surface area contributed by atoms with Gasteiger partial charge >= 0.3 is 0 Å². The maximum Gasteiger partial charge on any atom is 0.253 e. The molecular formula is C32H36N6O2. The second-order valence-corrected chi connectivity index (χ2v) is 10.8. The normalized spacial score (nSPS) is 12.7. The van der Waals surface area contributed by atoms with Crippen molar-refractivity contribution in [1.82, 2.24) is 30.1 Å². The fourth-order valence-electron chi connectivity index (χ4n) is 5.07. The lowest BCUT2D eigenvalue weighted by molar-refractivity contribution is 0.180. The minimum absolute atomic E-state index is 0.150. The molecular weight excluding hydrogens is 500 g/mol. The smallest absolute Gasteiger partial charge is 0.253 e. The van der Waals surface area contributed by atoms with Gasteiger partial charge in [0, 0.05) is 18.7 Å². The molecule has 0 saturated carbocycles. The molecule has 0 fully saturated rings. The minimum atomic E-state index is -0.517. The highest BCUT2D eigenvalue weighted by molar-refractivity contribution is 5.82. The van der Waals surface area contributed by atoms with Gasteiger partial charge in [-0.15, -0.1) is 5.10 Å². The molecule has 0 bridgehead atoms. The number of ether oxygens (including phenoxy) is 1. The Morgan fingerprint density at radius 2 is 1.68 bits per heavy atom. The fourth-order valence-corrected chi connectivity index (χ4v) is 5.07. The lowest BCUT2D eigenvalue weighted by Crippen LogP contribution is -2.38. The first kappa shape index (κ1) is 27.3.